The fourth-order valence-corrected chi connectivity index (χ4v) is 1.58. The van der Waals surface area contributed by atoms with Gasteiger partial charge in [0.15, 0.2) is 5.60 Å². The molecule has 0 aromatic rings. The maximum absolute atomic E-state index is 11.6. The van der Waals surface area contributed by atoms with E-state index in [1.54, 1.807) is 0 Å². The van der Waals surface area contributed by atoms with E-state index in [-0.39, 0.29) is 18.2 Å². The van der Waals surface area contributed by atoms with Crippen LogP contribution in [0, 0.1) is 0 Å². The van der Waals surface area contributed by atoms with E-state index in [9.17, 15) is 4.79 Å². The number of hydrogen-bond acceptors (Lipinski definition) is 3. The second-order valence-corrected chi connectivity index (χ2v) is 3.71. The van der Waals surface area contributed by atoms with Gasteiger partial charge in [0.05, 0.1) is 12.2 Å². The van der Waals surface area contributed by atoms with Crippen molar-refractivity contribution in [3.8, 4) is 0 Å². The fourth-order valence-electron chi connectivity index (χ4n) is 1.58. The first-order chi connectivity index (χ1) is 6.06. The van der Waals surface area contributed by atoms with Gasteiger partial charge in [-0.25, -0.2) is 4.79 Å². The third kappa shape index (κ3) is 1.85. The topological polar surface area (TPSA) is 38.8 Å². The average Bonchev–Trinajstić information content (AvgIpc) is 2.78. The van der Waals surface area contributed by atoms with E-state index >= 15 is 0 Å². The van der Waals surface area contributed by atoms with Crippen LogP contribution in [0.1, 0.15) is 40.5 Å². The predicted molar refractivity (Wildman–Crippen MR) is 49.4 cm³/mol. The first-order valence-corrected chi connectivity index (χ1v) is 4.95. The van der Waals surface area contributed by atoms with Crippen LogP contribution in [0.15, 0.2) is 0 Å². The average molecular weight is 186 g/mol. The summed E-state index contributed by atoms with van der Waals surface area (Å²) in [5.41, 5.74) is -0.612. The largest absolute Gasteiger partial charge is 0.461 e. The lowest BCUT2D eigenvalue weighted by molar-refractivity contribution is -0.154. The summed E-state index contributed by atoms with van der Waals surface area (Å²) in [7, 11) is 0. The highest BCUT2D eigenvalue weighted by molar-refractivity contribution is 5.83. The summed E-state index contributed by atoms with van der Waals surface area (Å²) < 4.78 is 10.5. The maximum atomic E-state index is 11.6. The predicted octanol–water partition coefficient (Wildman–Crippen LogP) is 1.90. The third-order valence-electron chi connectivity index (χ3n) is 2.40. The summed E-state index contributed by atoms with van der Waals surface area (Å²) in [6.45, 7) is 7.68. The van der Waals surface area contributed by atoms with Gasteiger partial charge in [0.1, 0.15) is 0 Å². The molecule has 0 saturated carbocycles. The second-order valence-electron chi connectivity index (χ2n) is 3.71. The molecule has 0 aromatic carbocycles. The van der Waals surface area contributed by atoms with Crippen LogP contribution in [-0.4, -0.2) is 23.8 Å². The monoisotopic (exact) mass is 186 g/mol. The van der Waals surface area contributed by atoms with Crippen molar-refractivity contribution < 1.29 is 14.3 Å². The van der Waals surface area contributed by atoms with Gasteiger partial charge in [0, 0.05) is 0 Å². The summed E-state index contributed by atoms with van der Waals surface area (Å²) in [6.07, 6.45) is 1.60. The van der Waals surface area contributed by atoms with Crippen molar-refractivity contribution in [2.24, 2.45) is 0 Å². The highest BCUT2D eigenvalue weighted by atomic mass is 16.7. The molecule has 0 aliphatic carbocycles. The van der Waals surface area contributed by atoms with E-state index in [2.05, 4.69) is 0 Å². The van der Waals surface area contributed by atoms with Crippen molar-refractivity contribution in [2.75, 3.05) is 0 Å². The Morgan fingerprint density at radius 2 is 2.15 bits per heavy atom. The van der Waals surface area contributed by atoms with Gasteiger partial charge in [-0.1, -0.05) is 13.8 Å². The first-order valence-electron chi connectivity index (χ1n) is 4.95. The van der Waals surface area contributed by atoms with Crippen LogP contribution < -0.4 is 0 Å². The van der Waals surface area contributed by atoms with Crippen LogP contribution in [0.5, 0.6) is 0 Å². The number of carbonyl (C=O) groups is 1. The summed E-state index contributed by atoms with van der Waals surface area (Å²) in [5, 5.41) is 0. The lowest BCUT2D eigenvalue weighted by atomic mass is 10.0. The number of ether oxygens (including phenoxy) is 2. The van der Waals surface area contributed by atoms with Crippen LogP contribution in [0.2, 0.25) is 0 Å². The summed E-state index contributed by atoms with van der Waals surface area (Å²) in [4.78, 5) is 11.6. The molecular weight excluding hydrogens is 168 g/mol. The van der Waals surface area contributed by atoms with Crippen molar-refractivity contribution in [1.82, 2.24) is 0 Å². The summed E-state index contributed by atoms with van der Waals surface area (Å²) >= 11 is 0. The molecule has 1 saturated heterocycles. The molecule has 1 fully saturated rings. The zero-order valence-electron chi connectivity index (χ0n) is 8.79. The van der Waals surface area contributed by atoms with Crippen molar-refractivity contribution in [2.45, 2.75) is 58.3 Å². The van der Waals surface area contributed by atoms with Gasteiger partial charge in [0.25, 0.3) is 0 Å². The molecule has 3 heteroatoms. The molecule has 1 heterocycles. The molecule has 2 unspecified atom stereocenters. The van der Waals surface area contributed by atoms with Gasteiger partial charge in [-0.3, -0.25) is 0 Å². The minimum Gasteiger partial charge on any atom is -0.461 e. The zero-order chi connectivity index (χ0) is 10.1. The summed E-state index contributed by atoms with van der Waals surface area (Å²) in [5.74, 6) is -0.197. The van der Waals surface area contributed by atoms with E-state index in [1.807, 2.05) is 27.7 Å². The van der Waals surface area contributed by atoms with Crippen LogP contribution >= 0.6 is 0 Å². The Morgan fingerprint density at radius 1 is 1.54 bits per heavy atom. The van der Waals surface area contributed by atoms with Gasteiger partial charge in [-0.05, 0) is 26.7 Å². The molecule has 3 nitrogen and oxygen atoms in total. The molecule has 2 atom stereocenters. The molecule has 0 aromatic heterocycles. The van der Waals surface area contributed by atoms with Gasteiger partial charge in [-0.15, -0.1) is 0 Å². The molecule has 0 N–H and O–H groups in total. The Bertz CT molecular complexity index is 200. The fraction of sp³-hybridized carbons (Fsp3) is 0.900. The SMILES string of the molecule is CCC1OC1(CC)C(=O)OC(C)C. The first kappa shape index (κ1) is 10.5. The number of epoxide rings is 1. The highest BCUT2D eigenvalue weighted by Crippen LogP contribution is 2.42. The third-order valence-corrected chi connectivity index (χ3v) is 2.40. The number of rotatable bonds is 4. The molecule has 1 aliphatic heterocycles. The van der Waals surface area contributed by atoms with Crippen LogP contribution in [-0.2, 0) is 14.3 Å². The Hall–Kier alpha value is -0.570. The molecule has 0 spiro atoms. The number of carbonyl (C=O) groups excluding carboxylic acids is 1. The Morgan fingerprint density at radius 3 is 2.46 bits per heavy atom. The van der Waals surface area contributed by atoms with Gasteiger partial charge < -0.3 is 9.47 Å². The lowest BCUT2D eigenvalue weighted by Crippen LogP contribution is -2.30. The minimum absolute atomic E-state index is 0.0577. The molecule has 13 heavy (non-hydrogen) atoms. The normalized spacial score (nSPS) is 31.9. The number of esters is 1. The van der Waals surface area contributed by atoms with Crippen LogP contribution in [0.25, 0.3) is 0 Å². The molecule has 0 bridgehead atoms. The molecular formula is C10H18O3. The number of hydrogen-bond donors (Lipinski definition) is 0. The van der Waals surface area contributed by atoms with Crippen molar-refractivity contribution in [3.63, 3.8) is 0 Å². The Kier molecular flexibility index (Phi) is 2.96. The lowest BCUT2D eigenvalue weighted by Gasteiger charge is -2.12. The standard InChI is InChI=1S/C10H18O3/c1-5-8-10(6-2,13-8)9(11)12-7(3)4/h7-8H,5-6H2,1-4H3. The van der Waals surface area contributed by atoms with Crippen molar-refractivity contribution in [3.05, 3.63) is 0 Å². The van der Waals surface area contributed by atoms with Crippen LogP contribution in [0.3, 0.4) is 0 Å². The second kappa shape index (κ2) is 3.66. The van der Waals surface area contributed by atoms with E-state index in [0.717, 1.165) is 6.42 Å². The van der Waals surface area contributed by atoms with Crippen molar-refractivity contribution >= 4 is 5.97 Å². The Labute approximate surface area is 79.4 Å². The van der Waals surface area contributed by atoms with Gasteiger partial charge in [-0.2, -0.15) is 0 Å². The Balaban J connectivity index is 2.54. The smallest absolute Gasteiger partial charge is 0.341 e. The van der Waals surface area contributed by atoms with E-state index in [0.29, 0.717) is 6.42 Å². The molecule has 0 radical (unpaired) electrons. The highest BCUT2D eigenvalue weighted by Gasteiger charge is 2.61. The van der Waals surface area contributed by atoms with Crippen molar-refractivity contribution in [1.29, 1.82) is 0 Å². The minimum atomic E-state index is -0.612. The summed E-state index contributed by atoms with van der Waals surface area (Å²) in [6, 6.07) is 0. The van der Waals surface area contributed by atoms with E-state index < -0.39 is 5.60 Å². The van der Waals surface area contributed by atoms with E-state index in [4.69, 9.17) is 9.47 Å². The van der Waals surface area contributed by atoms with Gasteiger partial charge in [0.2, 0.25) is 0 Å². The zero-order valence-corrected chi connectivity index (χ0v) is 8.79. The maximum Gasteiger partial charge on any atom is 0.341 e. The molecule has 1 aliphatic rings. The van der Waals surface area contributed by atoms with Crippen LogP contribution in [0.4, 0.5) is 0 Å². The van der Waals surface area contributed by atoms with E-state index in [1.165, 1.54) is 0 Å². The molecule has 1 rings (SSSR count). The van der Waals surface area contributed by atoms with Gasteiger partial charge >= 0.3 is 5.97 Å². The molecule has 0 amide bonds. The molecule has 76 valence electrons. The quantitative estimate of drug-likeness (QED) is 0.497.